The molecule has 0 aromatic heterocycles. The van der Waals surface area contributed by atoms with Crippen LogP contribution in [0.1, 0.15) is 18.4 Å². The molecule has 21 heavy (non-hydrogen) atoms. The Kier molecular flexibility index (Phi) is 7.08. The second-order valence-electron chi connectivity index (χ2n) is 4.29. The summed E-state index contributed by atoms with van der Waals surface area (Å²) in [6.07, 6.45) is 1.78. The number of aliphatic carboxylic acids is 1. The molecule has 110 valence electrons. The summed E-state index contributed by atoms with van der Waals surface area (Å²) in [5.74, 6) is -1.34. The van der Waals surface area contributed by atoms with Gasteiger partial charge < -0.3 is 15.7 Å². The summed E-state index contributed by atoms with van der Waals surface area (Å²) in [6, 6.07) is 11.2. The number of nitrogens with one attached hydrogen (secondary N) is 2. The van der Waals surface area contributed by atoms with Crippen molar-refractivity contribution in [3.63, 3.8) is 0 Å². The molecule has 0 saturated heterocycles. The van der Waals surface area contributed by atoms with Crippen LogP contribution in [0, 0.1) is 11.3 Å². The largest absolute Gasteiger partial charge is 0.481 e. The second kappa shape index (κ2) is 9.15. The smallest absolute Gasteiger partial charge is 0.303 e. The van der Waals surface area contributed by atoms with Crippen LogP contribution in [0.15, 0.2) is 42.1 Å². The van der Waals surface area contributed by atoms with E-state index in [9.17, 15) is 9.59 Å². The lowest BCUT2D eigenvalue weighted by Gasteiger charge is -2.05. The van der Waals surface area contributed by atoms with Gasteiger partial charge in [-0.05, 0) is 12.0 Å². The fraction of sp³-hybridized carbons (Fsp3) is 0.267. The third-order valence-electron chi connectivity index (χ3n) is 2.62. The molecular formula is C15H17N3O3. The van der Waals surface area contributed by atoms with Gasteiger partial charge in [-0.15, -0.1) is 0 Å². The van der Waals surface area contributed by atoms with E-state index < -0.39 is 11.9 Å². The van der Waals surface area contributed by atoms with E-state index in [0.29, 0.717) is 19.5 Å². The monoisotopic (exact) mass is 287 g/mol. The summed E-state index contributed by atoms with van der Waals surface area (Å²) >= 11 is 0. The molecule has 0 unspecified atom stereocenters. The fourth-order valence-corrected chi connectivity index (χ4v) is 1.54. The second-order valence-corrected chi connectivity index (χ2v) is 4.29. The zero-order valence-corrected chi connectivity index (χ0v) is 11.5. The van der Waals surface area contributed by atoms with E-state index in [1.807, 2.05) is 36.4 Å². The number of rotatable bonds is 8. The molecule has 0 heterocycles. The summed E-state index contributed by atoms with van der Waals surface area (Å²) < 4.78 is 0. The topological polar surface area (TPSA) is 102 Å². The van der Waals surface area contributed by atoms with Crippen molar-refractivity contribution >= 4 is 11.9 Å². The normalized spacial score (nSPS) is 10.5. The first-order valence-electron chi connectivity index (χ1n) is 6.51. The summed E-state index contributed by atoms with van der Waals surface area (Å²) in [7, 11) is 0. The number of carbonyl (C=O) groups is 2. The van der Waals surface area contributed by atoms with Gasteiger partial charge in [0.15, 0.2) is 0 Å². The number of benzene rings is 1. The summed E-state index contributed by atoms with van der Waals surface area (Å²) in [6.45, 7) is 0.737. The van der Waals surface area contributed by atoms with E-state index in [-0.39, 0.29) is 12.0 Å². The first-order valence-corrected chi connectivity index (χ1v) is 6.51. The van der Waals surface area contributed by atoms with Gasteiger partial charge in [-0.25, -0.2) is 0 Å². The van der Waals surface area contributed by atoms with Crippen LogP contribution in [0.3, 0.4) is 0 Å². The molecule has 0 aliphatic carbocycles. The highest BCUT2D eigenvalue weighted by atomic mass is 16.4. The molecule has 6 nitrogen and oxygen atoms in total. The minimum Gasteiger partial charge on any atom is -0.481 e. The maximum Gasteiger partial charge on any atom is 0.303 e. The molecule has 0 spiro atoms. The van der Waals surface area contributed by atoms with Gasteiger partial charge >= 0.3 is 5.97 Å². The van der Waals surface area contributed by atoms with Crippen LogP contribution in [-0.4, -0.2) is 23.5 Å². The molecule has 0 fully saturated rings. The Morgan fingerprint density at radius 2 is 2.00 bits per heavy atom. The minimum atomic E-state index is -0.873. The van der Waals surface area contributed by atoms with Gasteiger partial charge in [0, 0.05) is 25.7 Å². The van der Waals surface area contributed by atoms with E-state index in [1.165, 1.54) is 6.20 Å². The van der Waals surface area contributed by atoms with Crippen molar-refractivity contribution in [1.82, 2.24) is 10.6 Å². The Morgan fingerprint density at radius 1 is 1.29 bits per heavy atom. The van der Waals surface area contributed by atoms with Crippen LogP contribution < -0.4 is 10.6 Å². The molecular weight excluding hydrogens is 270 g/mol. The number of carboxylic acid groups (broad SMARTS) is 1. The van der Waals surface area contributed by atoms with Gasteiger partial charge in [-0.2, -0.15) is 5.26 Å². The fourth-order valence-electron chi connectivity index (χ4n) is 1.54. The first-order chi connectivity index (χ1) is 10.1. The van der Waals surface area contributed by atoms with Crippen molar-refractivity contribution in [3.05, 3.63) is 47.7 Å². The van der Waals surface area contributed by atoms with Crippen LogP contribution in [0.5, 0.6) is 0 Å². The minimum absolute atomic E-state index is 0.0405. The van der Waals surface area contributed by atoms with Crippen LogP contribution >= 0.6 is 0 Å². The average molecular weight is 287 g/mol. The quantitative estimate of drug-likeness (QED) is 0.378. The van der Waals surface area contributed by atoms with E-state index in [0.717, 1.165) is 5.56 Å². The number of nitrogens with zero attached hydrogens (tertiary/aromatic N) is 1. The van der Waals surface area contributed by atoms with Crippen molar-refractivity contribution in [2.75, 3.05) is 6.54 Å². The lowest BCUT2D eigenvalue weighted by Crippen LogP contribution is -2.25. The van der Waals surface area contributed by atoms with Gasteiger partial charge in [0.05, 0.1) is 0 Å². The van der Waals surface area contributed by atoms with Gasteiger partial charge in [-0.1, -0.05) is 30.3 Å². The Balaban J connectivity index is 2.38. The molecule has 3 N–H and O–H groups in total. The van der Waals surface area contributed by atoms with E-state index >= 15 is 0 Å². The summed E-state index contributed by atoms with van der Waals surface area (Å²) in [5, 5.41) is 22.8. The molecule has 1 aromatic carbocycles. The lowest BCUT2D eigenvalue weighted by molar-refractivity contribution is -0.137. The van der Waals surface area contributed by atoms with Gasteiger partial charge in [0.2, 0.25) is 0 Å². The third-order valence-corrected chi connectivity index (χ3v) is 2.62. The molecule has 0 bridgehead atoms. The Labute approximate surface area is 123 Å². The molecule has 0 radical (unpaired) electrons. The molecule has 1 amide bonds. The highest BCUT2D eigenvalue weighted by molar-refractivity contribution is 5.97. The van der Waals surface area contributed by atoms with Crippen LogP contribution in [0.25, 0.3) is 0 Å². The zero-order chi connectivity index (χ0) is 15.5. The predicted octanol–water partition coefficient (Wildman–Crippen LogP) is 1.16. The Bertz CT molecular complexity index is 547. The predicted molar refractivity (Wildman–Crippen MR) is 76.9 cm³/mol. The summed E-state index contributed by atoms with van der Waals surface area (Å²) in [4.78, 5) is 22.1. The van der Waals surface area contributed by atoms with Gasteiger partial charge in [0.25, 0.3) is 5.91 Å². The van der Waals surface area contributed by atoms with Crippen molar-refractivity contribution in [2.45, 2.75) is 19.4 Å². The van der Waals surface area contributed by atoms with E-state index in [1.54, 1.807) is 0 Å². The average Bonchev–Trinajstić information content (AvgIpc) is 2.49. The molecule has 0 aliphatic rings. The molecule has 6 heteroatoms. The van der Waals surface area contributed by atoms with Crippen LogP contribution in [-0.2, 0) is 16.1 Å². The Hall–Kier alpha value is -2.81. The number of nitriles is 1. The number of amides is 1. The SMILES string of the molecule is N#CC(=CNCCCC(=O)O)C(=O)NCc1ccccc1. The van der Waals surface area contributed by atoms with Gasteiger partial charge in [-0.3, -0.25) is 9.59 Å². The number of carboxylic acids is 1. The maximum atomic E-state index is 11.8. The summed E-state index contributed by atoms with van der Waals surface area (Å²) in [5.41, 5.74) is 0.902. The van der Waals surface area contributed by atoms with Gasteiger partial charge in [0.1, 0.15) is 11.6 Å². The number of hydrogen-bond acceptors (Lipinski definition) is 4. The van der Waals surface area contributed by atoms with Crippen LogP contribution in [0.4, 0.5) is 0 Å². The molecule has 0 atom stereocenters. The highest BCUT2D eigenvalue weighted by Crippen LogP contribution is 1.99. The van der Waals surface area contributed by atoms with E-state index in [4.69, 9.17) is 10.4 Å². The molecule has 1 aromatic rings. The van der Waals surface area contributed by atoms with E-state index in [2.05, 4.69) is 10.6 Å². The first kappa shape index (κ1) is 16.2. The van der Waals surface area contributed by atoms with Crippen molar-refractivity contribution in [3.8, 4) is 6.07 Å². The number of carbonyl (C=O) groups excluding carboxylic acids is 1. The highest BCUT2D eigenvalue weighted by Gasteiger charge is 2.07. The lowest BCUT2D eigenvalue weighted by atomic mass is 10.2. The zero-order valence-electron chi connectivity index (χ0n) is 11.5. The maximum absolute atomic E-state index is 11.8. The number of hydrogen-bond donors (Lipinski definition) is 3. The molecule has 0 aliphatic heterocycles. The van der Waals surface area contributed by atoms with Crippen molar-refractivity contribution < 1.29 is 14.7 Å². The molecule has 0 saturated carbocycles. The van der Waals surface area contributed by atoms with Crippen molar-refractivity contribution in [1.29, 1.82) is 5.26 Å². The standard InChI is InChI=1S/C15H17N3O3/c16-9-13(11-17-8-4-7-14(19)20)15(21)18-10-12-5-2-1-3-6-12/h1-3,5-6,11,17H,4,7-8,10H2,(H,18,21)(H,19,20). The van der Waals surface area contributed by atoms with Crippen molar-refractivity contribution in [2.24, 2.45) is 0 Å². The Morgan fingerprint density at radius 3 is 2.62 bits per heavy atom. The third kappa shape index (κ3) is 6.78. The van der Waals surface area contributed by atoms with Crippen LogP contribution in [0.2, 0.25) is 0 Å². The molecule has 1 rings (SSSR count).